The Morgan fingerprint density at radius 2 is 1.89 bits per heavy atom. The van der Waals surface area contributed by atoms with Crippen molar-refractivity contribution in [2.45, 2.75) is 31.9 Å². The number of rotatable bonds is 4. The van der Waals surface area contributed by atoms with Gasteiger partial charge in [-0.15, -0.1) is 0 Å². The summed E-state index contributed by atoms with van der Waals surface area (Å²) in [5.74, 6) is -3.73. The van der Waals surface area contributed by atoms with Crippen LogP contribution in [0.1, 0.15) is 24.8 Å². The zero-order valence-corrected chi connectivity index (χ0v) is 10.0. The second-order valence-corrected chi connectivity index (χ2v) is 4.49. The van der Waals surface area contributed by atoms with Crippen molar-refractivity contribution in [3.05, 3.63) is 35.1 Å². The number of hydrogen-bond acceptors (Lipinski definition) is 2. The van der Waals surface area contributed by atoms with E-state index in [1.807, 2.05) is 0 Å². The molecule has 2 nitrogen and oxygen atoms in total. The lowest BCUT2D eigenvalue weighted by molar-refractivity contribution is 0.0168. The van der Waals surface area contributed by atoms with Crippen molar-refractivity contribution in [2.75, 3.05) is 13.2 Å². The topological polar surface area (TPSA) is 21.3 Å². The monoisotopic (exact) mass is 259 g/mol. The summed E-state index contributed by atoms with van der Waals surface area (Å²) >= 11 is 0. The van der Waals surface area contributed by atoms with Gasteiger partial charge in [0.05, 0.1) is 6.10 Å². The molecule has 0 amide bonds. The second-order valence-electron chi connectivity index (χ2n) is 4.49. The van der Waals surface area contributed by atoms with E-state index in [0.29, 0.717) is 18.7 Å². The van der Waals surface area contributed by atoms with Crippen molar-refractivity contribution >= 4 is 0 Å². The molecule has 0 radical (unpaired) electrons. The van der Waals surface area contributed by atoms with Crippen LogP contribution < -0.4 is 5.32 Å². The molecule has 18 heavy (non-hydrogen) atoms. The van der Waals surface area contributed by atoms with Crippen LogP contribution in [0.15, 0.2) is 12.1 Å². The van der Waals surface area contributed by atoms with Gasteiger partial charge in [-0.3, -0.25) is 0 Å². The smallest absolute Gasteiger partial charge is 0.194 e. The maximum Gasteiger partial charge on any atom is 0.194 e. The van der Waals surface area contributed by atoms with Gasteiger partial charge in [-0.25, -0.2) is 13.2 Å². The van der Waals surface area contributed by atoms with E-state index in [1.165, 1.54) is 0 Å². The van der Waals surface area contributed by atoms with Crippen molar-refractivity contribution in [1.29, 1.82) is 0 Å². The molecule has 1 heterocycles. The molecule has 1 unspecified atom stereocenters. The first-order chi connectivity index (χ1) is 8.66. The van der Waals surface area contributed by atoms with Crippen molar-refractivity contribution in [3.63, 3.8) is 0 Å². The lowest BCUT2D eigenvalue weighted by atomic mass is 10.1. The third-order valence-electron chi connectivity index (χ3n) is 3.02. The van der Waals surface area contributed by atoms with E-state index in [2.05, 4.69) is 5.32 Å². The molecule has 1 fully saturated rings. The summed E-state index contributed by atoms with van der Waals surface area (Å²) < 4.78 is 44.2. The third kappa shape index (κ3) is 3.46. The maximum atomic E-state index is 13.0. The number of hydrogen-bond donors (Lipinski definition) is 1. The zero-order valence-electron chi connectivity index (χ0n) is 10.0. The minimum absolute atomic E-state index is 0.161. The SMILES string of the molecule is Fc1cc(CNCC2CCCCO2)cc(F)c1F. The quantitative estimate of drug-likeness (QED) is 0.839. The summed E-state index contributed by atoms with van der Waals surface area (Å²) in [6, 6.07) is 2.01. The lowest BCUT2D eigenvalue weighted by Crippen LogP contribution is -2.31. The number of ether oxygens (including phenoxy) is 1. The number of nitrogens with one attached hydrogen (secondary N) is 1. The van der Waals surface area contributed by atoms with Crippen LogP contribution in [-0.2, 0) is 11.3 Å². The highest BCUT2D eigenvalue weighted by Gasteiger charge is 2.14. The van der Waals surface area contributed by atoms with E-state index >= 15 is 0 Å². The van der Waals surface area contributed by atoms with Gasteiger partial charge in [0.25, 0.3) is 0 Å². The first kappa shape index (κ1) is 13.4. The molecular weight excluding hydrogens is 243 g/mol. The fourth-order valence-electron chi connectivity index (χ4n) is 2.06. The summed E-state index contributed by atoms with van der Waals surface area (Å²) in [6.45, 7) is 1.71. The van der Waals surface area contributed by atoms with Crippen molar-refractivity contribution < 1.29 is 17.9 Å². The van der Waals surface area contributed by atoms with E-state index in [9.17, 15) is 13.2 Å². The van der Waals surface area contributed by atoms with E-state index in [0.717, 1.165) is 38.0 Å². The molecule has 1 aliphatic rings. The molecule has 100 valence electrons. The lowest BCUT2D eigenvalue weighted by Gasteiger charge is -2.22. The van der Waals surface area contributed by atoms with Gasteiger partial charge in [-0.05, 0) is 37.0 Å². The number of benzene rings is 1. The van der Waals surface area contributed by atoms with Crippen LogP contribution in [0.2, 0.25) is 0 Å². The predicted octanol–water partition coefficient (Wildman–Crippen LogP) is 2.76. The summed E-state index contributed by atoms with van der Waals surface area (Å²) in [6.07, 6.45) is 3.39. The van der Waals surface area contributed by atoms with Gasteiger partial charge in [0.15, 0.2) is 17.5 Å². The highest BCUT2D eigenvalue weighted by Crippen LogP contribution is 2.14. The maximum absolute atomic E-state index is 13.0. The highest BCUT2D eigenvalue weighted by molar-refractivity contribution is 5.19. The standard InChI is InChI=1S/C13H16F3NO/c14-11-5-9(6-12(15)13(11)16)7-17-8-10-3-1-2-4-18-10/h5-6,10,17H,1-4,7-8H2. The molecule has 0 saturated carbocycles. The molecule has 0 aliphatic carbocycles. The Morgan fingerprint density at radius 1 is 1.17 bits per heavy atom. The van der Waals surface area contributed by atoms with Crippen LogP contribution in [0.25, 0.3) is 0 Å². The van der Waals surface area contributed by atoms with Crippen LogP contribution >= 0.6 is 0 Å². The Balaban J connectivity index is 1.82. The molecular formula is C13H16F3NO. The van der Waals surface area contributed by atoms with Gasteiger partial charge in [0.2, 0.25) is 0 Å². The minimum Gasteiger partial charge on any atom is -0.377 e. The fraction of sp³-hybridized carbons (Fsp3) is 0.538. The summed E-state index contributed by atoms with van der Waals surface area (Å²) in [4.78, 5) is 0. The van der Waals surface area contributed by atoms with Crippen molar-refractivity contribution in [3.8, 4) is 0 Å². The third-order valence-corrected chi connectivity index (χ3v) is 3.02. The number of halogens is 3. The van der Waals surface area contributed by atoms with Crippen LogP contribution in [0, 0.1) is 17.5 Å². The van der Waals surface area contributed by atoms with Gasteiger partial charge < -0.3 is 10.1 Å². The van der Waals surface area contributed by atoms with E-state index in [1.54, 1.807) is 0 Å². The zero-order chi connectivity index (χ0) is 13.0. The molecule has 0 spiro atoms. The molecule has 2 rings (SSSR count). The van der Waals surface area contributed by atoms with Crippen LogP contribution in [0.4, 0.5) is 13.2 Å². The van der Waals surface area contributed by atoms with Crippen molar-refractivity contribution in [2.24, 2.45) is 0 Å². The molecule has 5 heteroatoms. The molecule has 1 aromatic carbocycles. The van der Waals surface area contributed by atoms with E-state index in [4.69, 9.17) is 4.74 Å². The van der Waals surface area contributed by atoms with E-state index in [-0.39, 0.29) is 6.10 Å². The van der Waals surface area contributed by atoms with Gasteiger partial charge in [-0.2, -0.15) is 0 Å². The first-order valence-corrected chi connectivity index (χ1v) is 6.12. The van der Waals surface area contributed by atoms with Crippen LogP contribution in [0.5, 0.6) is 0 Å². The fourth-order valence-corrected chi connectivity index (χ4v) is 2.06. The van der Waals surface area contributed by atoms with Gasteiger partial charge >= 0.3 is 0 Å². The Kier molecular flexibility index (Phi) is 4.60. The largest absolute Gasteiger partial charge is 0.377 e. The Morgan fingerprint density at radius 3 is 2.50 bits per heavy atom. The van der Waals surface area contributed by atoms with E-state index < -0.39 is 17.5 Å². The molecule has 1 saturated heterocycles. The molecule has 0 aromatic heterocycles. The Bertz CT molecular complexity index is 382. The van der Waals surface area contributed by atoms with Gasteiger partial charge in [0, 0.05) is 19.7 Å². The normalized spacial score (nSPS) is 20.1. The minimum atomic E-state index is -1.42. The van der Waals surface area contributed by atoms with Crippen LogP contribution in [0.3, 0.4) is 0 Å². The molecule has 1 atom stereocenters. The van der Waals surface area contributed by atoms with Crippen LogP contribution in [-0.4, -0.2) is 19.3 Å². The highest BCUT2D eigenvalue weighted by atomic mass is 19.2. The Labute approximate surface area is 104 Å². The Hall–Kier alpha value is -1.07. The summed E-state index contributed by atoms with van der Waals surface area (Å²) in [5.41, 5.74) is 0.391. The summed E-state index contributed by atoms with van der Waals surface area (Å²) in [7, 11) is 0. The van der Waals surface area contributed by atoms with Gasteiger partial charge in [-0.1, -0.05) is 0 Å². The second kappa shape index (κ2) is 6.20. The van der Waals surface area contributed by atoms with Crippen molar-refractivity contribution in [1.82, 2.24) is 5.32 Å². The molecule has 1 aliphatic heterocycles. The first-order valence-electron chi connectivity index (χ1n) is 6.12. The average molecular weight is 259 g/mol. The molecule has 1 N–H and O–H groups in total. The molecule has 0 bridgehead atoms. The summed E-state index contributed by atoms with van der Waals surface area (Å²) in [5, 5.41) is 3.06. The molecule has 1 aromatic rings. The van der Waals surface area contributed by atoms with Gasteiger partial charge in [0.1, 0.15) is 0 Å². The predicted molar refractivity (Wildman–Crippen MR) is 61.6 cm³/mol. The average Bonchev–Trinajstić information content (AvgIpc) is 2.37.